The molecule has 70 valence electrons. The van der Waals surface area contributed by atoms with Gasteiger partial charge in [0, 0.05) is 0 Å². The summed E-state index contributed by atoms with van der Waals surface area (Å²) in [4.78, 5) is 10.9. The van der Waals surface area contributed by atoms with Gasteiger partial charge in [0.15, 0.2) is 0 Å². The molecule has 0 rings (SSSR count). The van der Waals surface area contributed by atoms with Crippen molar-refractivity contribution in [3.8, 4) is 0 Å². The Morgan fingerprint density at radius 1 is 1.75 bits per heavy atom. The number of carbonyl (C=O) groups excluding carboxylic acids is 1. The van der Waals surface area contributed by atoms with Crippen LogP contribution in [0.1, 0.15) is 26.2 Å². The lowest BCUT2D eigenvalue weighted by Crippen LogP contribution is -2.13. The predicted octanol–water partition coefficient (Wildman–Crippen LogP) is 1.27. The van der Waals surface area contributed by atoms with Gasteiger partial charge in [0.05, 0.1) is 19.1 Å². The highest BCUT2D eigenvalue weighted by molar-refractivity contribution is 5.70. The van der Waals surface area contributed by atoms with Crippen LogP contribution in [0.5, 0.6) is 0 Å². The van der Waals surface area contributed by atoms with Crippen molar-refractivity contribution in [2.75, 3.05) is 6.61 Å². The van der Waals surface area contributed by atoms with Crippen LogP contribution in [0.15, 0.2) is 12.7 Å². The first kappa shape index (κ1) is 11.2. The van der Waals surface area contributed by atoms with E-state index in [1.54, 1.807) is 0 Å². The first-order valence-corrected chi connectivity index (χ1v) is 4.17. The largest absolute Gasteiger partial charge is 0.466 e. The van der Waals surface area contributed by atoms with Crippen molar-refractivity contribution < 1.29 is 14.6 Å². The fraction of sp³-hybridized carbons (Fsp3) is 0.667. The van der Waals surface area contributed by atoms with Crippen molar-refractivity contribution in [2.24, 2.45) is 0 Å². The van der Waals surface area contributed by atoms with Gasteiger partial charge >= 0.3 is 5.97 Å². The number of ether oxygens (including phenoxy) is 1. The third-order valence-electron chi connectivity index (χ3n) is 1.41. The maximum absolute atomic E-state index is 10.9. The van der Waals surface area contributed by atoms with E-state index >= 15 is 0 Å². The molecule has 0 radical (unpaired) electrons. The quantitative estimate of drug-likeness (QED) is 0.373. The Hall–Kier alpha value is -0.830. The summed E-state index contributed by atoms with van der Waals surface area (Å²) in [5.74, 6) is -0.365. The van der Waals surface area contributed by atoms with Crippen molar-refractivity contribution in [1.29, 1.82) is 0 Å². The zero-order chi connectivity index (χ0) is 9.40. The summed E-state index contributed by atoms with van der Waals surface area (Å²) in [7, 11) is 0. The molecule has 0 aliphatic heterocycles. The molecule has 1 unspecified atom stereocenters. The highest BCUT2D eigenvalue weighted by Gasteiger charge is 2.07. The van der Waals surface area contributed by atoms with E-state index in [1.807, 2.05) is 6.92 Å². The summed E-state index contributed by atoms with van der Waals surface area (Å²) in [5, 5.41) is 8.97. The van der Waals surface area contributed by atoms with E-state index in [-0.39, 0.29) is 12.4 Å². The van der Waals surface area contributed by atoms with Gasteiger partial charge in [-0.2, -0.15) is 0 Å². The number of hydrogen-bond acceptors (Lipinski definition) is 3. The molecule has 0 aliphatic rings. The Labute approximate surface area is 73.0 Å². The van der Waals surface area contributed by atoms with Gasteiger partial charge in [-0.15, -0.1) is 6.58 Å². The van der Waals surface area contributed by atoms with E-state index in [9.17, 15) is 4.79 Å². The second-order valence-electron chi connectivity index (χ2n) is 2.58. The van der Waals surface area contributed by atoms with Crippen LogP contribution in [0, 0.1) is 0 Å². The standard InChI is InChI=1S/C9H16O3/c1-3-5-6-12-9(11)7-8(10)4-2/h4,8,10H,2-3,5-7H2,1H3. The monoisotopic (exact) mass is 172 g/mol. The molecule has 1 atom stereocenters. The van der Waals surface area contributed by atoms with Crippen LogP contribution in [-0.4, -0.2) is 23.8 Å². The van der Waals surface area contributed by atoms with Crippen LogP contribution in [0.3, 0.4) is 0 Å². The third-order valence-corrected chi connectivity index (χ3v) is 1.41. The molecule has 0 spiro atoms. The van der Waals surface area contributed by atoms with Crippen LogP contribution < -0.4 is 0 Å². The second kappa shape index (κ2) is 6.85. The number of hydrogen-bond donors (Lipinski definition) is 1. The van der Waals surface area contributed by atoms with Gasteiger partial charge in [-0.3, -0.25) is 4.79 Å². The smallest absolute Gasteiger partial charge is 0.308 e. The maximum Gasteiger partial charge on any atom is 0.308 e. The summed E-state index contributed by atoms with van der Waals surface area (Å²) < 4.78 is 4.81. The van der Waals surface area contributed by atoms with Gasteiger partial charge in [0.2, 0.25) is 0 Å². The summed E-state index contributed by atoms with van der Waals surface area (Å²) in [5.41, 5.74) is 0. The first-order chi connectivity index (χ1) is 5.70. The molecule has 0 fully saturated rings. The van der Waals surface area contributed by atoms with Gasteiger partial charge in [0.25, 0.3) is 0 Å². The predicted molar refractivity (Wildman–Crippen MR) is 46.7 cm³/mol. The summed E-state index contributed by atoms with van der Waals surface area (Å²) in [6, 6.07) is 0. The number of unbranched alkanes of at least 4 members (excludes halogenated alkanes) is 1. The Morgan fingerprint density at radius 3 is 2.92 bits per heavy atom. The Morgan fingerprint density at radius 2 is 2.42 bits per heavy atom. The van der Waals surface area contributed by atoms with E-state index in [1.165, 1.54) is 6.08 Å². The van der Waals surface area contributed by atoms with E-state index in [0.717, 1.165) is 12.8 Å². The molecule has 0 saturated carbocycles. The van der Waals surface area contributed by atoms with Crippen molar-refractivity contribution in [1.82, 2.24) is 0 Å². The highest BCUT2D eigenvalue weighted by Crippen LogP contribution is 1.96. The van der Waals surface area contributed by atoms with Crippen LogP contribution in [0.4, 0.5) is 0 Å². The minimum atomic E-state index is -0.779. The number of carbonyl (C=O) groups is 1. The van der Waals surface area contributed by atoms with Crippen LogP contribution in [0.25, 0.3) is 0 Å². The van der Waals surface area contributed by atoms with Crippen LogP contribution in [0.2, 0.25) is 0 Å². The van der Waals surface area contributed by atoms with E-state index < -0.39 is 6.10 Å². The summed E-state index contributed by atoms with van der Waals surface area (Å²) in [6.07, 6.45) is 2.42. The van der Waals surface area contributed by atoms with E-state index in [0.29, 0.717) is 6.61 Å². The SMILES string of the molecule is C=CC(O)CC(=O)OCCCC. The molecule has 0 heterocycles. The Kier molecular flexibility index (Phi) is 6.38. The molecule has 0 saturated heterocycles. The fourth-order valence-electron chi connectivity index (χ4n) is 0.643. The lowest BCUT2D eigenvalue weighted by Gasteiger charge is -2.05. The van der Waals surface area contributed by atoms with Crippen LogP contribution >= 0.6 is 0 Å². The average Bonchev–Trinajstić information content (AvgIpc) is 2.05. The average molecular weight is 172 g/mol. The first-order valence-electron chi connectivity index (χ1n) is 4.17. The number of aliphatic hydroxyl groups excluding tert-OH is 1. The highest BCUT2D eigenvalue weighted by atomic mass is 16.5. The molecule has 0 bridgehead atoms. The Bertz CT molecular complexity index is 143. The molecule has 3 heteroatoms. The van der Waals surface area contributed by atoms with Crippen LogP contribution in [-0.2, 0) is 9.53 Å². The molecule has 12 heavy (non-hydrogen) atoms. The molecule has 0 aromatic heterocycles. The molecular weight excluding hydrogens is 156 g/mol. The van der Waals surface area contributed by atoms with Gasteiger partial charge in [0.1, 0.15) is 0 Å². The number of aliphatic hydroxyl groups is 1. The lowest BCUT2D eigenvalue weighted by molar-refractivity contribution is -0.145. The molecule has 0 aromatic rings. The number of esters is 1. The maximum atomic E-state index is 10.9. The van der Waals surface area contributed by atoms with Crippen molar-refractivity contribution in [3.63, 3.8) is 0 Å². The van der Waals surface area contributed by atoms with Gasteiger partial charge < -0.3 is 9.84 Å². The minimum Gasteiger partial charge on any atom is -0.466 e. The molecule has 3 nitrogen and oxygen atoms in total. The topological polar surface area (TPSA) is 46.5 Å². The van der Waals surface area contributed by atoms with Crippen molar-refractivity contribution >= 4 is 5.97 Å². The summed E-state index contributed by atoms with van der Waals surface area (Å²) >= 11 is 0. The van der Waals surface area contributed by atoms with Gasteiger partial charge in [-0.1, -0.05) is 19.4 Å². The molecule has 0 aromatic carbocycles. The minimum absolute atomic E-state index is 0.00716. The van der Waals surface area contributed by atoms with Crippen molar-refractivity contribution in [2.45, 2.75) is 32.3 Å². The van der Waals surface area contributed by atoms with Gasteiger partial charge in [-0.05, 0) is 6.42 Å². The van der Waals surface area contributed by atoms with Gasteiger partial charge in [-0.25, -0.2) is 0 Å². The summed E-state index contributed by atoms with van der Waals surface area (Å²) in [6.45, 7) is 5.82. The normalized spacial score (nSPS) is 12.2. The second-order valence-corrected chi connectivity index (χ2v) is 2.58. The van der Waals surface area contributed by atoms with Crippen molar-refractivity contribution in [3.05, 3.63) is 12.7 Å². The Balaban J connectivity index is 3.39. The lowest BCUT2D eigenvalue weighted by atomic mass is 10.2. The van der Waals surface area contributed by atoms with E-state index in [4.69, 9.17) is 9.84 Å². The molecule has 0 amide bonds. The molecule has 1 N–H and O–H groups in total. The third kappa shape index (κ3) is 5.92. The zero-order valence-corrected chi connectivity index (χ0v) is 7.45. The molecular formula is C9H16O3. The fourth-order valence-corrected chi connectivity index (χ4v) is 0.643. The zero-order valence-electron chi connectivity index (χ0n) is 7.45. The number of rotatable bonds is 6. The van der Waals surface area contributed by atoms with E-state index in [2.05, 4.69) is 6.58 Å². The molecule has 0 aliphatic carbocycles.